The summed E-state index contributed by atoms with van der Waals surface area (Å²) < 4.78 is 0.939. The van der Waals surface area contributed by atoms with Crippen molar-refractivity contribution in [1.82, 2.24) is 5.43 Å². The van der Waals surface area contributed by atoms with E-state index in [9.17, 15) is 9.59 Å². The Hall–Kier alpha value is -1.89. The molecule has 26 heavy (non-hydrogen) atoms. The van der Waals surface area contributed by atoms with E-state index in [4.69, 9.17) is 23.2 Å². The molecule has 0 radical (unpaired) electrons. The fraction of sp³-hybridized carbons (Fsp3) is 0.167. The summed E-state index contributed by atoms with van der Waals surface area (Å²) in [5, 5.41) is 7.50. The average molecular weight is 457 g/mol. The van der Waals surface area contributed by atoms with Gasteiger partial charge in [0.25, 0.3) is 0 Å². The van der Waals surface area contributed by atoms with Crippen molar-refractivity contribution in [2.45, 2.75) is 19.3 Å². The maximum atomic E-state index is 11.8. The summed E-state index contributed by atoms with van der Waals surface area (Å²) >= 11 is 15.1. The zero-order valence-electron chi connectivity index (χ0n) is 13.6. The van der Waals surface area contributed by atoms with Gasteiger partial charge in [-0.25, -0.2) is 5.43 Å². The summed E-state index contributed by atoms with van der Waals surface area (Å²) in [6.07, 6.45) is 2.35. The molecule has 2 aromatic rings. The van der Waals surface area contributed by atoms with Crippen LogP contribution in [0.2, 0.25) is 10.0 Å². The summed E-state index contributed by atoms with van der Waals surface area (Å²) in [5.41, 5.74) is 3.85. The number of benzene rings is 2. The van der Waals surface area contributed by atoms with Crippen LogP contribution in [0.1, 0.15) is 24.8 Å². The highest BCUT2D eigenvalue weighted by atomic mass is 79.9. The van der Waals surface area contributed by atoms with Crippen LogP contribution in [0.4, 0.5) is 5.69 Å². The molecule has 0 bridgehead atoms. The van der Waals surface area contributed by atoms with Crippen molar-refractivity contribution in [3.05, 3.63) is 62.5 Å². The van der Waals surface area contributed by atoms with Gasteiger partial charge in [0.05, 0.1) is 16.3 Å². The number of anilines is 1. The van der Waals surface area contributed by atoms with E-state index in [0.29, 0.717) is 27.7 Å². The van der Waals surface area contributed by atoms with Crippen LogP contribution >= 0.6 is 39.1 Å². The van der Waals surface area contributed by atoms with Crippen LogP contribution in [0.5, 0.6) is 0 Å². The molecule has 0 aromatic heterocycles. The zero-order chi connectivity index (χ0) is 18.9. The minimum Gasteiger partial charge on any atom is -0.326 e. The summed E-state index contributed by atoms with van der Waals surface area (Å²) in [6.45, 7) is 0. The van der Waals surface area contributed by atoms with Crippen LogP contribution in [0.3, 0.4) is 0 Å². The van der Waals surface area contributed by atoms with Gasteiger partial charge in [0.2, 0.25) is 11.8 Å². The summed E-state index contributed by atoms with van der Waals surface area (Å²) in [5.74, 6) is -0.405. The van der Waals surface area contributed by atoms with E-state index in [1.807, 2.05) is 12.1 Å². The number of nitrogens with zero attached hydrogens (tertiary/aromatic N) is 1. The maximum absolute atomic E-state index is 11.8. The van der Waals surface area contributed by atoms with Crippen LogP contribution in [0.25, 0.3) is 0 Å². The van der Waals surface area contributed by atoms with Crippen LogP contribution in [-0.2, 0) is 9.59 Å². The number of halogens is 3. The molecule has 0 aliphatic rings. The molecule has 0 atom stereocenters. The van der Waals surface area contributed by atoms with Gasteiger partial charge < -0.3 is 5.32 Å². The summed E-state index contributed by atoms with van der Waals surface area (Å²) in [4.78, 5) is 23.6. The van der Waals surface area contributed by atoms with Gasteiger partial charge in [-0.15, -0.1) is 0 Å². The predicted octanol–water partition coefficient (Wildman–Crippen LogP) is 5.02. The molecule has 2 rings (SSSR count). The van der Waals surface area contributed by atoms with Crippen LogP contribution < -0.4 is 10.7 Å². The number of rotatable bonds is 7. The fourth-order valence-corrected chi connectivity index (χ4v) is 2.56. The number of nitrogens with one attached hydrogen (secondary N) is 2. The third-order valence-corrected chi connectivity index (χ3v) is 4.55. The Morgan fingerprint density at radius 2 is 1.69 bits per heavy atom. The van der Waals surface area contributed by atoms with Gasteiger partial charge in [0.15, 0.2) is 0 Å². The lowest BCUT2D eigenvalue weighted by Gasteiger charge is -2.05. The lowest BCUT2D eigenvalue weighted by Crippen LogP contribution is -2.18. The normalized spacial score (nSPS) is 10.7. The second kappa shape index (κ2) is 10.3. The molecule has 0 fully saturated rings. The van der Waals surface area contributed by atoms with Crippen molar-refractivity contribution in [2.75, 3.05) is 5.32 Å². The van der Waals surface area contributed by atoms with E-state index < -0.39 is 0 Å². The first-order chi connectivity index (χ1) is 12.4. The maximum Gasteiger partial charge on any atom is 0.240 e. The lowest BCUT2D eigenvalue weighted by atomic mass is 10.2. The van der Waals surface area contributed by atoms with E-state index in [-0.39, 0.29) is 24.7 Å². The smallest absolute Gasteiger partial charge is 0.240 e. The Labute approximate surface area is 169 Å². The highest BCUT2D eigenvalue weighted by molar-refractivity contribution is 9.10. The number of amides is 2. The SMILES string of the molecule is O=C(CCCC(=O)Nc1ccc(Br)cc1)N/N=C\c1ccc(Cl)c(Cl)c1. The Kier molecular flexibility index (Phi) is 8.09. The number of carbonyl (C=O) groups excluding carboxylic acids is 2. The van der Waals surface area contributed by atoms with Crippen molar-refractivity contribution in [3.63, 3.8) is 0 Å². The molecule has 0 unspecified atom stereocenters. The second-order valence-electron chi connectivity index (χ2n) is 5.38. The average Bonchev–Trinajstić information content (AvgIpc) is 2.60. The predicted molar refractivity (Wildman–Crippen MR) is 109 cm³/mol. The van der Waals surface area contributed by atoms with Gasteiger partial charge in [-0.1, -0.05) is 45.2 Å². The van der Waals surface area contributed by atoms with Crippen molar-refractivity contribution >= 4 is 62.8 Å². The van der Waals surface area contributed by atoms with Crippen LogP contribution in [-0.4, -0.2) is 18.0 Å². The van der Waals surface area contributed by atoms with Gasteiger partial charge in [0.1, 0.15) is 0 Å². The molecule has 0 saturated carbocycles. The molecule has 0 saturated heterocycles. The largest absolute Gasteiger partial charge is 0.326 e. The third-order valence-electron chi connectivity index (χ3n) is 3.28. The fourth-order valence-electron chi connectivity index (χ4n) is 1.99. The Morgan fingerprint density at radius 3 is 2.38 bits per heavy atom. The van der Waals surface area contributed by atoms with Crippen molar-refractivity contribution < 1.29 is 9.59 Å². The molecule has 2 N–H and O–H groups in total. The number of hydrazone groups is 1. The highest BCUT2D eigenvalue weighted by Crippen LogP contribution is 2.21. The van der Waals surface area contributed by atoms with Gasteiger partial charge >= 0.3 is 0 Å². The molecule has 8 heteroatoms. The van der Waals surface area contributed by atoms with E-state index in [1.54, 1.807) is 30.3 Å². The molecular formula is C18H16BrCl2N3O2. The molecule has 136 valence electrons. The molecule has 0 spiro atoms. The minimum absolute atomic E-state index is 0.139. The monoisotopic (exact) mass is 455 g/mol. The number of carbonyl (C=O) groups is 2. The van der Waals surface area contributed by atoms with Gasteiger partial charge in [-0.3, -0.25) is 9.59 Å². The van der Waals surface area contributed by atoms with E-state index in [0.717, 1.165) is 4.47 Å². The molecule has 2 aromatic carbocycles. The minimum atomic E-state index is -0.266. The topological polar surface area (TPSA) is 70.6 Å². The summed E-state index contributed by atoms with van der Waals surface area (Å²) in [7, 11) is 0. The number of hydrogen-bond acceptors (Lipinski definition) is 3. The quantitative estimate of drug-likeness (QED) is 0.453. The standard InChI is InChI=1S/C18H16BrCl2N3O2/c19-13-5-7-14(8-6-13)23-17(25)2-1-3-18(26)24-22-11-12-4-9-15(20)16(21)10-12/h4-11H,1-3H2,(H,23,25)(H,24,26)/b22-11-. The van der Waals surface area contributed by atoms with Crippen LogP contribution in [0.15, 0.2) is 52.0 Å². The van der Waals surface area contributed by atoms with Crippen molar-refractivity contribution in [1.29, 1.82) is 0 Å². The first-order valence-corrected chi connectivity index (χ1v) is 9.31. The van der Waals surface area contributed by atoms with Gasteiger partial charge in [-0.05, 0) is 48.4 Å². The molecule has 0 aliphatic carbocycles. The number of hydrogen-bond donors (Lipinski definition) is 2. The van der Waals surface area contributed by atoms with Crippen molar-refractivity contribution in [3.8, 4) is 0 Å². The molecule has 0 aliphatic heterocycles. The zero-order valence-corrected chi connectivity index (χ0v) is 16.7. The van der Waals surface area contributed by atoms with Gasteiger partial charge in [-0.2, -0.15) is 5.10 Å². The van der Waals surface area contributed by atoms with E-state index in [1.165, 1.54) is 6.21 Å². The highest BCUT2D eigenvalue weighted by Gasteiger charge is 2.05. The first kappa shape index (κ1) is 20.4. The second-order valence-corrected chi connectivity index (χ2v) is 7.11. The first-order valence-electron chi connectivity index (χ1n) is 7.76. The van der Waals surface area contributed by atoms with Crippen LogP contribution in [0, 0.1) is 0 Å². The lowest BCUT2D eigenvalue weighted by molar-refractivity contribution is -0.121. The molecule has 5 nitrogen and oxygen atoms in total. The Bertz CT molecular complexity index is 811. The Morgan fingerprint density at radius 1 is 1.00 bits per heavy atom. The van der Waals surface area contributed by atoms with E-state index >= 15 is 0 Å². The van der Waals surface area contributed by atoms with E-state index in [2.05, 4.69) is 31.8 Å². The molecule has 2 amide bonds. The van der Waals surface area contributed by atoms with Gasteiger partial charge in [0, 0.05) is 23.0 Å². The summed E-state index contributed by atoms with van der Waals surface area (Å²) in [6, 6.07) is 12.3. The molecule has 0 heterocycles. The Balaban J connectivity index is 1.68. The van der Waals surface area contributed by atoms with Crippen molar-refractivity contribution in [2.24, 2.45) is 5.10 Å². The molecular weight excluding hydrogens is 441 g/mol. The third kappa shape index (κ3) is 7.15.